The van der Waals surface area contributed by atoms with Crippen LogP contribution in [0.4, 0.5) is 17.3 Å². The molecule has 0 bridgehead atoms. The summed E-state index contributed by atoms with van der Waals surface area (Å²) in [6.45, 7) is 1.92. The summed E-state index contributed by atoms with van der Waals surface area (Å²) in [5, 5.41) is 3.38. The zero-order valence-corrected chi connectivity index (χ0v) is 12.2. The molecule has 0 saturated carbocycles. The Morgan fingerprint density at radius 3 is 2.32 bits per heavy atom. The zero-order valence-electron chi connectivity index (χ0n) is 12.2. The first kappa shape index (κ1) is 12.9. The highest BCUT2D eigenvalue weighted by atomic mass is 15.5. The average Bonchev–Trinajstić information content (AvgIpc) is 3.15. The van der Waals surface area contributed by atoms with Gasteiger partial charge in [0.2, 0.25) is 11.6 Å². The second kappa shape index (κ2) is 5.52. The van der Waals surface area contributed by atoms with Crippen LogP contribution in [0, 0.1) is 0 Å². The molecule has 1 aromatic heterocycles. The summed E-state index contributed by atoms with van der Waals surface area (Å²) in [5.41, 5.74) is 2.71. The Hall–Kier alpha value is -2.82. The number of rotatable bonds is 3. The van der Waals surface area contributed by atoms with Crippen molar-refractivity contribution in [2.24, 2.45) is 4.99 Å². The van der Waals surface area contributed by atoms with Crippen LogP contribution in [0.1, 0.15) is 6.42 Å². The molecule has 0 unspecified atom stereocenters. The number of nitrogens with zero attached hydrogens (tertiary/aromatic N) is 4. The molecule has 3 aromatic rings. The van der Waals surface area contributed by atoms with Gasteiger partial charge in [-0.2, -0.15) is 4.98 Å². The molecule has 0 spiro atoms. The van der Waals surface area contributed by atoms with Crippen LogP contribution in [-0.2, 0) is 13.1 Å². The lowest BCUT2D eigenvalue weighted by Crippen LogP contribution is -2.19. The lowest BCUT2D eigenvalue weighted by atomic mass is 10.3. The monoisotopic (exact) mass is 291 g/mol. The number of nitrogens with one attached hydrogen (secondary N) is 1. The molecule has 5 heteroatoms. The van der Waals surface area contributed by atoms with Crippen molar-refractivity contribution in [3.05, 3.63) is 66.3 Å². The highest BCUT2D eigenvalue weighted by Crippen LogP contribution is 2.17. The van der Waals surface area contributed by atoms with Crippen LogP contribution in [0.3, 0.4) is 0 Å². The van der Waals surface area contributed by atoms with Gasteiger partial charge in [0.25, 0.3) is 0 Å². The van der Waals surface area contributed by atoms with E-state index in [4.69, 9.17) is 0 Å². The topological polar surface area (TPSA) is 47.1 Å². The van der Waals surface area contributed by atoms with E-state index in [-0.39, 0.29) is 0 Å². The molecule has 0 fully saturated rings. The van der Waals surface area contributed by atoms with Crippen LogP contribution in [0.25, 0.3) is 0 Å². The second-order valence-corrected chi connectivity index (χ2v) is 5.27. The van der Waals surface area contributed by atoms with Crippen LogP contribution in [0.5, 0.6) is 0 Å². The number of anilines is 2. The van der Waals surface area contributed by atoms with Gasteiger partial charge in [-0.3, -0.25) is 4.68 Å². The lowest BCUT2D eigenvalue weighted by molar-refractivity contribution is 0.591. The van der Waals surface area contributed by atoms with Crippen LogP contribution >= 0.6 is 0 Å². The summed E-state index contributed by atoms with van der Waals surface area (Å²) in [4.78, 5) is 9.34. The molecule has 0 atom stereocenters. The minimum atomic E-state index is 0.752. The van der Waals surface area contributed by atoms with Crippen molar-refractivity contribution in [3.8, 4) is 0 Å². The molecule has 110 valence electrons. The molecule has 2 heterocycles. The maximum atomic E-state index is 4.67. The van der Waals surface area contributed by atoms with Crippen molar-refractivity contribution in [2.45, 2.75) is 19.5 Å². The number of hydrogen-bond donors (Lipinski definition) is 1. The van der Waals surface area contributed by atoms with Gasteiger partial charge in [0.05, 0.1) is 5.69 Å². The van der Waals surface area contributed by atoms with Crippen LogP contribution in [-0.4, -0.2) is 14.3 Å². The second-order valence-electron chi connectivity index (χ2n) is 5.27. The SMILES string of the molecule is c1ccc(N=c2nc(Nc3ccccc3)n3n2CCC3)cc1. The first-order valence-electron chi connectivity index (χ1n) is 7.50. The van der Waals surface area contributed by atoms with Gasteiger partial charge in [-0.15, -0.1) is 0 Å². The van der Waals surface area contributed by atoms with E-state index in [9.17, 15) is 0 Å². The molecule has 0 saturated heterocycles. The van der Waals surface area contributed by atoms with Crippen LogP contribution < -0.4 is 10.9 Å². The minimum Gasteiger partial charge on any atom is -0.324 e. The molecule has 22 heavy (non-hydrogen) atoms. The van der Waals surface area contributed by atoms with Crippen molar-refractivity contribution >= 4 is 17.3 Å². The van der Waals surface area contributed by atoms with Crippen molar-refractivity contribution < 1.29 is 0 Å². The fraction of sp³-hybridized carbons (Fsp3) is 0.176. The van der Waals surface area contributed by atoms with Gasteiger partial charge in [0, 0.05) is 18.8 Å². The van der Waals surface area contributed by atoms with Gasteiger partial charge in [0.15, 0.2) is 0 Å². The first-order chi connectivity index (χ1) is 10.9. The smallest absolute Gasteiger partial charge is 0.248 e. The molecular formula is C17H17N5. The fourth-order valence-corrected chi connectivity index (χ4v) is 2.69. The summed E-state index contributed by atoms with van der Waals surface area (Å²) in [5.74, 6) is 0.846. The largest absolute Gasteiger partial charge is 0.324 e. The van der Waals surface area contributed by atoms with Crippen molar-refractivity contribution in [1.29, 1.82) is 0 Å². The summed E-state index contributed by atoms with van der Waals surface area (Å²) in [7, 11) is 0. The molecule has 5 nitrogen and oxygen atoms in total. The van der Waals surface area contributed by atoms with E-state index in [1.807, 2.05) is 60.7 Å². The molecule has 1 N–H and O–H groups in total. The third-order valence-electron chi connectivity index (χ3n) is 3.73. The lowest BCUT2D eigenvalue weighted by Gasteiger charge is -2.06. The third-order valence-corrected chi connectivity index (χ3v) is 3.73. The Morgan fingerprint density at radius 1 is 0.864 bits per heavy atom. The molecule has 0 amide bonds. The molecule has 4 rings (SSSR count). The fourth-order valence-electron chi connectivity index (χ4n) is 2.69. The Morgan fingerprint density at radius 2 is 1.55 bits per heavy atom. The van der Waals surface area contributed by atoms with Crippen LogP contribution in [0.2, 0.25) is 0 Å². The molecule has 1 aliphatic heterocycles. The summed E-state index contributed by atoms with van der Waals surface area (Å²) < 4.78 is 4.30. The molecule has 2 aromatic carbocycles. The zero-order chi connectivity index (χ0) is 14.8. The van der Waals surface area contributed by atoms with Gasteiger partial charge in [-0.25, -0.2) is 9.67 Å². The highest BCUT2D eigenvalue weighted by molar-refractivity contribution is 5.52. The summed E-state index contributed by atoms with van der Waals surface area (Å²) in [6.07, 6.45) is 1.11. The average molecular weight is 291 g/mol. The minimum absolute atomic E-state index is 0.752. The quantitative estimate of drug-likeness (QED) is 0.806. The number of hydrogen-bond acceptors (Lipinski definition) is 3. The van der Waals surface area contributed by atoms with E-state index in [0.29, 0.717) is 0 Å². The summed E-state index contributed by atoms with van der Waals surface area (Å²) in [6, 6.07) is 20.1. The Balaban J connectivity index is 1.76. The van der Waals surface area contributed by atoms with Crippen LogP contribution in [0.15, 0.2) is 65.7 Å². The Labute approximate surface area is 128 Å². The van der Waals surface area contributed by atoms with Gasteiger partial charge in [-0.05, 0) is 30.7 Å². The van der Waals surface area contributed by atoms with Crippen molar-refractivity contribution in [1.82, 2.24) is 14.3 Å². The predicted molar refractivity (Wildman–Crippen MR) is 86.2 cm³/mol. The highest BCUT2D eigenvalue weighted by Gasteiger charge is 2.16. The standard InChI is InChI=1S/C17H17N5/c1-3-8-14(9-4-1)18-16-20-17(22-13-7-12-21(16)22)19-15-10-5-2-6-11-15/h1-6,8-11H,7,12-13H2,(H,18,19,20). The number of para-hydroxylation sites is 2. The predicted octanol–water partition coefficient (Wildman–Crippen LogP) is 3.06. The molecule has 0 radical (unpaired) electrons. The maximum Gasteiger partial charge on any atom is 0.248 e. The molecule has 0 aliphatic carbocycles. The van der Waals surface area contributed by atoms with E-state index >= 15 is 0 Å². The normalized spacial score (nSPS) is 14.1. The van der Waals surface area contributed by atoms with Crippen molar-refractivity contribution in [3.63, 3.8) is 0 Å². The first-order valence-corrected chi connectivity index (χ1v) is 7.50. The van der Waals surface area contributed by atoms with E-state index < -0.39 is 0 Å². The van der Waals surface area contributed by atoms with E-state index in [1.165, 1.54) is 0 Å². The van der Waals surface area contributed by atoms with Gasteiger partial charge in [0.1, 0.15) is 0 Å². The Kier molecular flexibility index (Phi) is 3.23. The van der Waals surface area contributed by atoms with Gasteiger partial charge < -0.3 is 5.32 Å². The van der Waals surface area contributed by atoms with Gasteiger partial charge in [-0.1, -0.05) is 36.4 Å². The summed E-state index contributed by atoms with van der Waals surface area (Å²) >= 11 is 0. The van der Waals surface area contributed by atoms with E-state index in [2.05, 4.69) is 24.7 Å². The number of benzene rings is 2. The Bertz CT molecular complexity index is 830. The number of aromatic nitrogens is 3. The number of fused-ring (bicyclic) bond motifs is 1. The molecular weight excluding hydrogens is 274 g/mol. The molecule has 1 aliphatic rings. The van der Waals surface area contributed by atoms with E-state index in [1.54, 1.807) is 0 Å². The third kappa shape index (κ3) is 2.41. The maximum absolute atomic E-state index is 4.67. The van der Waals surface area contributed by atoms with Gasteiger partial charge >= 0.3 is 0 Å². The van der Waals surface area contributed by atoms with Crippen molar-refractivity contribution in [2.75, 3.05) is 5.32 Å². The van der Waals surface area contributed by atoms with E-state index in [0.717, 1.165) is 42.5 Å².